The maximum atomic E-state index is 12.4. The summed E-state index contributed by atoms with van der Waals surface area (Å²) in [6, 6.07) is 0. The third-order valence-electron chi connectivity index (χ3n) is 5.01. The van der Waals surface area contributed by atoms with Gasteiger partial charge in [0.25, 0.3) is 0 Å². The number of rotatable bonds is 2. The molecule has 0 aromatic heterocycles. The van der Waals surface area contributed by atoms with Gasteiger partial charge in [0.15, 0.2) is 11.6 Å². The van der Waals surface area contributed by atoms with Gasteiger partial charge in [-0.15, -0.1) is 0 Å². The van der Waals surface area contributed by atoms with Gasteiger partial charge in [-0.1, -0.05) is 13.3 Å². The van der Waals surface area contributed by atoms with E-state index in [1.165, 1.54) is 7.11 Å². The number of esters is 1. The van der Waals surface area contributed by atoms with Gasteiger partial charge in [0.05, 0.1) is 12.5 Å². The van der Waals surface area contributed by atoms with E-state index in [1.807, 2.05) is 7.05 Å². The Labute approximate surface area is 119 Å². The van der Waals surface area contributed by atoms with Crippen molar-refractivity contribution in [1.82, 2.24) is 4.90 Å². The molecule has 1 aliphatic heterocycles. The number of fused-ring (bicyclic) bond motifs is 1. The summed E-state index contributed by atoms with van der Waals surface area (Å²) >= 11 is 0. The average molecular weight is 281 g/mol. The molecular formula is C15H23NO4. The van der Waals surface area contributed by atoms with Gasteiger partial charge in [-0.05, 0) is 25.3 Å². The topological polar surface area (TPSA) is 63.7 Å². The molecule has 1 heterocycles. The van der Waals surface area contributed by atoms with Crippen molar-refractivity contribution >= 4 is 17.5 Å². The summed E-state index contributed by atoms with van der Waals surface area (Å²) < 4.78 is 5.03. The van der Waals surface area contributed by atoms with Gasteiger partial charge in [-0.25, -0.2) is 0 Å². The molecule has 3 atom stereocenters. The molecule has 0 aromatic carbocycles. The van der Waals surface area contributed by atoms with Crippen LogP contribution in [0.25, 0.3) is 0 Å². The molecule has 2 rings (SSSR count). The minimum atomic E-state index is -0.704. The Balaban J connectivity index is 2.44. The van der Waals surface area contributed by atoms with Crippen molar-refractivity contribution in [3.8, 4) is 0 Å². The lowest BCUT2D eigenvalue weighted by Gasteiger charge is -2.48. The predicted molar refractivity (Wildman–Crippen MR) is 73.1 cm³/mol. The number of carbonyl (C=O) groups is 3. The Morgan fingerprint density at radius 3 is 2.70 bits per heavy atom. The molecule has 2 fully saturated rings. The van der Waals surface area contributed by atoms with Gasteiger partial charge in [0, 0.05) is 25.9 Å². The molecule has 0 bridgehead atoms. The molecule has 0 N–H and O–H groups in total. The van der Waals surface area contributed by atoms with Crippen LogP contribution in [0.15, 0.2) is 0 Å². The van der Waals surface area contributed by atoms with E-state index in [0.29, 0.717) is 13.0 Å². The number of ether oxygens (including phenoxy) is 1. The summed E-state index contributed by atoms with van der Waals surface area (Å²) in [5.74, 6) is -0.739. The smallest absolute Gasteiger partial charge is 0.313 e. The number of hydrogen-bond donors (Lipinski definition) is 0. The third-order valence-corrected chi connectivity index (χ3v) is 5.01. The number of ketones is 2. The summed E-state index contributed by atoms with van der Waals surface area (Å²) in [6.07, 6.45) is 1.68. The molecule has 5 nitrogen and oxygen atoms in total. The quantitative estimate of drug-likeness (QED) is 0.559. The van der Waals surface area contributed by atoms with E-state index in [-0.39, 0.29) is 42.2 Å². The highest BCUT2D eigenvalue weighted by Crippen LogP contribution is 2.47. The number of likely N-dealkylation sites (tertiary alicyclic amines) is 1. The number of Topliss-reactive ketones (excluding diaryl/α,β-unsaturated/α-hetero) is 2. The van der Waals surface area contributed by atoms with Gasteiger partial charge >= 0.3 is 5.97 Å². The molecular weight excluding hydrogens is 258 g/mol. The van der Waals surface area contributed by atoms with Crippen LogP contribution in [0.3, 0.4) is 0 Å². The van der Waals surface area contributed by atoms with Crippen molar-refractivity contribution in [2.24, 2.45) is 17.3 Å². The molecule has 1 saturated heterocycles. The molecule has 3 unspecified atom stereocenters. The molecule has 1 saturated carbocycles. The Kier molecular flexibility index (Phi) is 4.28. The lowest BCUT2D eigenvalue weighted by molar-refractivity contribution is -0.165. The molecule has 0 radical (unpaired) electrons. The fraction of sp³-hybridized carbons (Fsp3) is 0.800. The lowest BCUT2D eigenvalue weighted by Crippen LogP contribution is -2.56. The highest BCUT2D eigenvalue weighted by molar-refractivity contribution is 6.37. The Hall–Kier alpha value is -1.23. The van der Waals surface area contributed by atoms with E-state index < -0.39 is 5.41 Å². The molecule has 1 aliphatic carbocycles. The minimum absolute atomic E-state index is 0.0740. The monoisotopic (exact) mass is 281 g/mol. The van der Waals surface area contributed by atoms with Crippen LogP contribution >= 0.6 is 0 Å². The fourth-order valence-electron chi connectivity index (χ4n) is 3.99. The van der Waals surface area contributed by atoms with Crippen LogP contribution in [0.4, 0.5) is 0 Å². The second-order valence-electron chi connectivity index (χ2n) is 6.17. The zero-order valence-electron chi connectivity index (χ0n) is 12.5. The van der Waals surface area contributed by atoms with Gasteiger partial charge in [0.1, 0.15) is 0 Å². The van der Waals surface area contributed by atoms with Crippen molar-refractivity contribution in [1.29, 1.82) is 0 Å². The van der Waals surface area contributed by atoms with Crippen LogP contribution in [0, 0.1) is 17.3 Å². The summed E-state index contributed by atoms with van der Waals surface area (Å²) in [6.45, 7) is 3.51. The third kappa shape index (κ3) is 2.39. The van der Waals surface area contributed by atoms with E-state index in [4.69, 9.17) is 4.74 Å². The first-order valence-corrected chi connectivity index (χ1v) is 7.27. The van der Waals surface area contributed by atoms with E-state index in [2.05, 4.69) is 11.8 Å². The zero-order chi connectivity index (χ0) is 14.9. The first-order chi connectivity index (χ1) is 9.44. The van der Waals surface area contributed by atoms with Crippen molar-refractivity contribution < 1.29 is 19.1 Å². The maximum Gasteiger partial charge on any atom is 0.313 e. The standard InChI is InChI=1S/C15H23NO4/c1-4-10-8-16(2)9-15(14(19)20-3)6-5-12(17)13(18)7-11(10)15/h10-11H,4-9H2,1-3H3. The van der Waals surface area contributed by atoms with E-state index in [1.54, 1.807) is 0 Å². The number of carbonyl (C=O) groups excluding carboxylic acids is 3. The fourth-order valence-corrected chi connectivity index (χ4v) is 3.99. The summed E-state index contributed by atoms with van der Waals surface area (Å²) in [5.41, 5.74) is -0.704. The van der Waals surface area contributed by atoms with Gasteiger partial charge in [-0.2, -0.15) is 0 Å². The largest absolute Gasteiger partial charge is 0.469 e. The minimum Gasteiger partial charge on any atom is -0.469 e. The molecule has 5 heteroatoms. The molecule has 0 spiro atoms. The second kappa shape index (κ2) is 5.64. The first kappa shape index (κ1) is 15.2. The highest BCUT2D eigenvalue weighted by Gasteiger charge is 2.55. The van der Waals surface area contributed by atoms with Crippen LogP contribution in [-0.4, -0.2) is 49.7 Å². The van der Waals surface area contributed by atoms with E-state index >= 15 is 0 Å². The summed E-state index contributed by atoms with van der Waals surface area (Å²) in [4.78, 5) is 38.3. The predicted octanol–water partition coefficient (Wildman–Crippen LogP) is 1.06. The number of nitrogens with zero attached hydrogens (tertiary/aromatic N) is 1. The number of hydrogen-bond acceptors (Lipinski definition) is 5. The summed E-state index contributed by atoms with van der Waals surface area (Å²) in [7, 11) is 3.37. The molecule has 20 heavy (non-hydrogen) atoms. The van der Waals surface area contributed by atoms with Crippen LogP contribution < -0.4 is 0 Å². The number of methoxy groups -OCH3 is 1. The first-order valence-electron chi connectivity index (χ1n) is 7.27. The van der Waals surface area contributed by atoms with Crippen molar-refractivity contribution in [2.75, 3.05) is 27.2 Å². The Morgan fingerprint density at radius 2 is 2.10 bits per heavy atom. The maximum absolute atomic E-state index is 12.4. The Bertz CT molecular complexity index is 434. The average Bonchev–Trinajstić information content (AvgIpc) is 2.56. The normalized spacial score (nSPS) is 35.4. The van der Waals surface area contributed by atoms with Crippen LogP contribution in [0.5, 0.6) is 0 Å². The van der Waals surface area contributed by atoms with Crippen molar-refractivity contribution in [3.63, 3.8) is 0 Å². The number of piperidine rings is 1. The molecule has 2 aliphatic rings. The zero-order valence-corrected chi connectivity index (χ0v) is 12.5. The van der Waals surface area contributed by atoms with Crippen LogP contribution in [0.1, 0.15) is 32.6 Å². The lowest BCUT2D eigenvalue weighted by atomic mass is 9.63. The molecule has 0 aromatic rings. The highest BCUT2D eigenvalue weighted by atomic mass is 16.5. The molecule has 112 valence electrons. The van der Waals surface area contributed by atoms with Gasteiger partial charge in [-0.3, -0.25) is 14.4 Å². The van der Waals surface area contributed by atoms with Crippen LogP contribution in [-0.2, 0) is 19.1 Å². The summed E-state index contributed by atoms with van der Waals surface area (Å²) in [5, 5.41) is 0. The second-order valence-corrected chi connectivity index (χ2v) is 6.17. The molecule has 0 amide bonds. The van der Waals surface area contributed by atoms with Crippen molar-refractivity contribution in [3.05, 3.63) is 0 Å². The van der Waals surface area contributed by atoms with E-state index in [9.17, 15) is 14.4 Å². The van der Waals surface area contributed by atoms with Crippen molar-refractivity contribution in [2.45, 2.75) is 32.6 Å². The SMILES string of the molecule is CCC1CN(C)CC2(C(=O)OC)CCC(=O)C(=O)CC12. The Morgan fingerprint density at radius 1 is 1.40 bits per heavy atom. The van der Waals surface area contributed by atoms with Gasteiger partial charge < -0.3 is 9.64 Å². The van der Waals surface area contributed by atoms with Gasteiger partial charge in [0.2, 0.25) is 0 Å². The van der Waals surface area contributed by atoms with E-state index in [0.717, 1.165) is 13.0 Å². The van der Waals surface area contributed by atoms with Crippen LogP contribution in [0.2, 0.25) is 0 Å².